The summed E-state index contributed by atoms with van der Waals surface area (Å²) in [4.78, 5) is 1.40. The molecule has 0 unspecified atom stereocenters. The lowest BCUT2D eigenvalue weighted by atomic mass is 9.93. The van der Waals surface area contributed by atoms with E-state index in [2.05, 4.69) is 0 Å². The van der Waals surface area contributed by atoms with Gasteiger partial charge < -0.3 is 9.32 Å². The van der Waals surface area contributed by atoms with E-state index in [0.29, 0.717) is 28.0 Å². The maximum atomic E-state index is 9.83. The van der Waals surface area contributed by atoms with E-state index >= 15 is 0 Å². The van der Waals surface area contributed by atoms with Gasteiger partial charge in [0, 0.05) is 33.1 Å². The summed E-state index contributed by atoms with van der Waals surface area (Å²) in [6.07, 6.45) is 0. The van der Waals surface area contributed by atoms with E-state index in [4.69, 9.17) is 4.42 Å². The van der Waals surface area contributed by atoms with Crippen LogP contribution in [0.1, 0.15) is 11.0 Å². The third-order valence-electron chi connectivity index (χ3n) is 10.8. The van der Waals surface area contributed by atoms with Gasteiger partial charge in [0.05, 0.1) is 16.7 Å². The Morgan fingerprint density at radius 2 is 0.897 bits per heavy atom. The van der Waals surface area contributed by atoms with Crippen LogP contribution in [0.25, 0.3) is 88.0 Å². The van der Waals surface area contributed by atoms with Crippen molar-refractivity contribution in [2.45, 2.75) is 0 Å². The first-order valence-corrected chi connectivity index (χ1v) is 19.2. The molecular weight excluding hydrogens is 703 g/mol. The van der Waals surface area contributed by atoms with Gasteiger partial charge >= 0.3 is 0 Å². The van der Waals surface area contributed by atoms with Gasteiger partial charge in [-0.25, -0.2) is 0 Å². The smallest absolute Gasteiger partial charge is 0.143 e. The Bertz CT molecular complexity index is 3710. The average Bonchev–Trinajstić information content (AvgIpc) is 3.74. The van der Waals surface area contributed by atoms with Gasteiger partial charge in [0.25, 0.3) is 0 Å². The van der Waals surface area contributed by atoms with Crippen molar-refractivity contribution in [2.24, 2.45) is 0 Å². The van der Waals surface area contributed by atoms with Crippen LogP contribution in [-0.4, -0.2) is 0 Å². The van der Waals surface area contributed by atoms with Crippen molar-refractivity contribution in [3.63, 3.8) is 0 Å². The highest BCUT2D eigenvalue weighted by Gasteiger charge is 2.21. The van der Waals surface area contributed by atoms with Gasteiger partial charge in [-0.15, -0.1) is 0 Å². The minimum absolute atomic E-state index is 0.0892. The highest BCUT2D eigenvalue weighted by molar-refractivity contribution is 6.20. The van der Waals surface area contributed by atoms with E-state index in [-0.39, 0.29) is 46.7 Å². The Labute approximate surface area is 348 Å². The second-order valence-corrected chi connectivity index (χ2v) is 14.2. The molecule has 11 rings (SSSR count). The largest absolute Gasteiger partial charge is 0.455 e. The van der Waals surface area contributed by atoms with Crippen molar-refractivity contribution in [1.29, 1.82) is 0 Å². The van der Waals surface area contributed by atoms with Gasteiger partial charge in [0.2, 0.25) is 0 Å². The molecule has 0 atom stereocenters. The van der Waals surface area contributed by atoms with Crippen molar-refractivity contribution >= 4 is 60.5 Å². The fraction of sp³-hybridized carbons (Fsp3) is 0. The molecule has 0 saturated carbocycles. The number of para-hydroxylation sites is 2. The van der Waals surface area contributed by atoms with Gasteiger partial charge in [-0.05, 0) is 104 Å². The summed E-state index contributed by atoms with van der Waals surface area (Å²) in [5, 5.41) is 5.54. The molecular formula is C56H37NO. The van der Waals surface area contributed by atoms with Gasteiger partial charge in [-0.1, -0.05) is 176 Å². The minimum atomic E-state index is -0.415. The molecule has 0 fully saturated rings. The predicted octanol–water partition coefficient (Wildman–Crippen LogP) is 16.0. The van der Waals surface area contributed by atoms with Gasteiger partial charge in [0.15, 0.2) is 0 Å². The first-order valence-electron chi connectivity index (χ1n) is 23.2. The zero-order chi connectivity index (χ0) is 45.4. The second-order valence-electron chi connectivity index (χ2n) is 14.2. The molecule has 58 heavy (non-hydrogen) atoms. The maximum absolute atomic E-state index is 9.83. The second kappa shape index (κ2) is 14.1. The molecule has 0 bridgehead atoms. The van der Waals surface area contributed by atoms with E-state index in [9.17, 15) is 11.0 Å². The molecule has 10 aromatic carbocycles. The molecule has 0 aliphatic carbocycles. The van der Waals surface area contributed by atoms with E-state index < -0.39 is 24.2 Å². The Morgan fingerprint density at radius 3 is 1.69 bits per heavy atom. The molecule has 0 N–H and O–H groups in total. The number of fused-ring (bicyclic) bond motifs is 6. The molecule has 0 radical (unpaired) electrons. The molecule has 2 nitrogen and oxygen atoms in total. The van der Waals surface area contributed by atoms with Crippen molar-refractivity contribution in [3.05, 3.63) is 224 Å². The van der Waals surface area contributed by atoms with Gasteiger partial charge in [-0.3, -0.25) is 0 Å². The molecule has 11 aromatic rings. The molecule has 0 aliphatic heterocycles. The molecule has 1 aromatic heterocycles. The monoisotopic (exact) mass is 747 g/mol. The van der Waals surface area contributed by atoms with Gasteiger partial charge in [0.1, 0.15) is 11.2 Å². The van der Waals surface area contributed by atoms with Crippen molar-refractivity contribution < 1.29 is 15.4 Å². The van der Waals surface area contributed by atoms with E-state index in [1.165, 1.54) is 4.90 Å². The fourth-order valence-electron chi connectivity index (χ4n) is 8.07. The number of hydrogen-bond acceptors (Lipinski definition) is 2. The van der Waals surface area contributed by atoms with Crippen LogP contribution in [0.15, 0.2) is 229 Å². The van der Waals surface area contributed by atoms with Crippen LogP contribution in [0.5, 0.6) is 0 Å². The molecule has 2 heteroatoms. The Morgan fingerprint density at radius 1 is 0.345 bits per heavy atom. The van der Waals surface area contributed by atoms with E-state index in [1.54, 1.807) is 42.5 Å². The first kappa shape index (κ1) is 26.2. The Kier molecular flexibility index (Phi) is 6.38. The predicted molar refractivity (Wildman–Crippen MR) is 245 cm³/mol. The standard InChI is InChI=1S/C56H37NO/c1-2-14-38(15-3-1)39-28-32-44(33-29-39)57(45-34-30-40(31-35-45)42-18-12-19-43(36-42)47-25-13-17-41-16-4-5-20-46(41)47)54-26-10-8-22-49(54)52-37-53-50-23-9-11-27-55(50)58-56(53)51-24-7-6-21-48(51)52/h1-37H/i28D,29D,30D,31D,32D,33D,34D,35D. The number of furan rings is 1. The average molecular weight is 748 g/mol. The number of hydrogen-bond donors (Lipinski definition) is 0. The first-order chi connectivity index (χ1) is 32.1. The van der Waals surface area contributed by atoms with Gasteiger partial charge in [-0.2, -0.15) is 0 Å². The number of anilines is 3. The van der Waals surface area contributed by atoms with Crippen LogP contribution >= 0.6 is 0 Å². The molecule has 1 heterocycles. The lowest BCUT2D eigenvalue weighted by Crippen LogP contribution is -2.11. The van der Waals surface area contributed by atoms with Crippen LogP contribution in [0.2, 0.25) is 0 Å². The zero-order valence-electron chi connectivity index (χ0n) is 39.1. The van der Waals surface area contributed by atoms with Crippen LogP contribution in [0.3, 0.4) is 0 Å². The van der Waals surface area contributed by atoms with E-state index in [1.807, 2.05) is 133 Å². The summed E-state index contributed by atoms with van der Waals surface area (Å²) in [7, 11) is 0. The van der Waals surface area contributed by atoms with E-state index in [0.717, 1.165) is 54.6 Å². The summed E-state index contributed by atoms with van der Waals surface area (Å²) in [5.41, 5.74) is 5.64. The van der Waals surface area contributed by atoms with Crippen LogP contribution in [0.4, 0.5) is 17.1 Å². The summed E-state index contributed by atoms with van der Waals surface area (Å²) in [5.74, 6) is 0. The fourth-order valence-corrected chi connectivity index (χ4v) is 8.07. The maximum Gasteiger partial charge on any atom is 0.143 e. The highest BCUT2D eigenvalue weighted by atomic mass is 16.3. The van der Waals surface area contributed by atoms with Crippen LogP contribution in [-0.2, 0) is 0 Å². The zero-order valence-corrected chi connectivity index (χ0v) is 31.1. The third-order valence-corrected chi connectivity index (χ3v) is 10.8. The quantitative estimate of drug-likeness (QED) is 0.161. The summed E-state index contributed by atoms with van der Waals surface area (Å²) >= 11 is 0. The Hall–Kier alpha value is -7.68. The molecule has 0 aliphatic rings. The lowest BCUT2D eigenvalue weighted by Gasteiger charge is -2.28. The van der Waals surface area contributed by atoms with Crippen LogP contribution < -0.4 is 4.90 Å². The molecule has 0 spiro atoms. The summed E-state index contributed by atoms with van der Waals surface area (Å²) < 4.78 is 83.5. The Balaban J connectivity index is 1.19. The number of benzene rings is 10. The topological polar surface area (TPSA) is 16.4 Å². The van der Waals surface area contributed by atoms with Crippen molar-refractivity contribution in [3.8, 4) is 44.5 Å². The number of nitrogens with zero attached hydrogens (tertiary/aromatic N) is 1. The molecule has 0 saturated heterocycles. The lowest BCUT2D eigenvalue weighted by molar-refractivity contribution is 0.672. The highest BCUT2D eigenvalue weighted by Crippen LogP contribution is 2.46. The SMILES string of the molecule is [2H]c1c([2H])c(N(c2ccccc2-c2cc3c4ccccc4oc3c3ccccc23)c2c([2H])c([2H])c(-c3cccc(-c4cccc5ccccc45)c3)c([2H])c2[2H])c([2H])c([2H])c1-c1ccccc1. The van der Waals surface area contributed by atoms with Crippen molar-refractivity contribution in [2.75, 3.05) is 4.90 Å². The summed E-state index contributed by atoms with van der Waals surface area (Å²) in [6, 6.07) is 52.4. The normalized spacial score (nSPS) is 13.4. The summed E-state index contributed by atoms with van der Waals surface area (Å²) in [6.45, 7) is 0. The number of rotatable bonds is 7. The third kappa shape index (κ3) is 5.82. The van der Waals surface area contributed by atoms with Crippen molar-refractivity contribution in [1.82, 2.24) is 0 Å². The minimum Gasteiger partial charge on any atom is -0.455 e. The molecule has 0 amide bonds. The van der Waals surface area contributed by atoms with Crippen LogP contribution in [0, 0.1) is 0 Å². The molecule has 272 valence electrons.